The molecule has 2 aromatic heterocycles. The Morgan fingerprint density at radius 1 is 1.18 bits per heavy atom. The molecular formula is C13H12N4. The zero-order chi connectivity index (χ0) is 11.8. The Kier molecular flexibility index (Phi) is 2.08. The van der Waals surface area contributed by atoms with E-state index >= 15 is 0 Å². The van der Waals surface area contributed by atoms with E-state index in [4.69, 9.17) is 5.73 Å². The average molecular weight is 224 g/mol. The van der Waals surface area contributed by atoms with Crippen LogP contribution in [0.5, 0.6) is 0 Å². The predicted octanol–water partition coefficient (Wildman–Crippen LogP) is 2.29. The standard InChI is InChI=1S/C13H12N4/c1-9-7-11(14)13-15-12(16-17(13)8-9)10-5-3-2-4-6-10/h2-8H,14H2,1H3. The molecule has 4 nitrogen and oxygen atoms in total. The van der Waals surface area contributed by atoms with Crippen LogP contribution in [-0.2, 0) is 0 Å². The van der Waals surface area contributed by atoms with Gasteiger partial charge >= 0.3 is 0 Å². The Morgan fingerprint density at radius 2 is 1.94 bits per heavy atom. The number of fused-ring (bicyclic) bond motifs is 1. The van der Waals surface area contributed by atoms with Gasteiger partial charge in [-0.3, -0.25) is 0 Å². The number of anilines is 1. The highest BCUT2D eigenvalue weighted by molar-refractivity contribution is 5.68. The predicted molar refractivity (Wildman–Crippen MR) is 67.6 cm³/mol. The number of benzene rings is 1. The summed E-state index contributed by atoms with van der Waals surface area (Å²) in [4.78, 5) is 4.45. The first kappa shape index (κ1) is 9.84. The molecule has 17 heavy (non-hydrogen) atoms. The number of nitrogen functional groups attached to an aromatic ring is 1. The van der Waals surface area contributed by atoms with Gasteiger partial charge in [0.25, 0.3) is 0 Å². The molecule has 0 unspecified atom stereocenters. The normalized spacial score (nSPS) is 10.9. The second kappa shape index (κ2) is 3.59. The molecule has 3 aromatic rings. The van der Waals surface area contributed by atoms with E-state index in [2.05, 4.69) is 10.1 Å². The molecule has 0 amide bonds. The molecule has 0 saturated heterocycles. The fourth-order valence-corrected chi connectivity index (χ4v) is 1.86. The number of hydrogen-bond donors (Lipinski definition) is 1. The van der Waals surface area contributed by atoms with Crippen LogP contribution in [-0.4, -0.2) is 14.6 Å². The number of aryl methyl sites for hydroxylation is 1. The summed E-state index contributed by atoms with van der Waals surface area (Å²) in [6.07, 6.45) is 1.92. The number of aromatic nitrogens is 3. The van der Waals surface area contributed by atoms with Crippen LogP contribution in [0.15, 0.2) is 42.6 Å². The molecule has 2 N–H and O–H groups in total. The van der Waals surface area contributed by atoms with Crippen molar-refractivity contribution < 1.29 is 0 Å². The van der Waals surface area contributed by atoms with E-state index in [0.29, 0.717) is 17.2 Å². The molecular weight excluding hydrogens is 212 g/mol. The molecule has 0 bridgehead atoms. The van der Waals surface area contributed by atoms with Gasteiger partial charge in [0.1, 0.15) is 0 Å². The van der Waals surface area contributed by atoms with Crippen LogP contribution in [0.25, 0.3) is 17.0 Å². The number of rotatable bonds is 1. The molecule has 0 aliphatic heterocycles. The third-order valence-electron chi connectivity index (χ3n) is 2.63. The summed E-state index contributed by atoms with van der Waals surface area (Å²) in [6, 6.07) is 11.8. The SMILES string of the molecule is Cc1cc(N)c2nc(-c3ccccc3)nn2c1. The second-order valence-corrected chi connectivity index (χ2v) is 4.04. The lowest BCUT2D eigenvalue weighted by Gasteiger charge is -1.97. The first-order chi connectivity index (χ1) is 8.24. The molecule has 0 fully saturated rings. The lowest BCUT2D eigenvalue weighted by Crippen LogP contribution is -1.94. The number of pyridine rings is 1. The minimum atomic E-state index is 0.652. The van der Waals surface area contributed by atoms with Gasteiger partial charge in [-0.2, -0.15) is 0 Å². The van der Waals surface area contributed by atoms with Gasteiger partial charge in [0.15, 0.2) is 11.5 Å². The van der Waals surface area contributed by atoms with Gasteiger partial charge in [0, 0.05) is 11.8 Å². The van der Waals surface area contributed by atoms with Crippen molar-refractivity contribution in [3.8, 4) is 11.4 Å². The molecule has 0 radical (unpaired) electrons. The molecule has 84 valence electrons. The number of hydrogen-bond acceptors (Lipinski definition) is 3. The van der Waals surface area contributed by atoms with E-state index < -0.39 is 0 Å². The summed E-state index contributed by atoms with van der Waals surface area (Å²) in [5.74, 6) is 0.697. The van der Waals surface area contributed by atoms with Crippen LogP contribution in [0.3, 0.4) is 0 Å². The van der Waals surface area contributed by atoms with E-state index in [1.54, 1.807) is 4.52 Å². The molecule has 0 aliphatic carbocycles. The van der Waals surface area contributed by atoms with Crippen molar-refractivity contribution in [2.75, 3.05) is 5.73 Å². The third-order valence-corrected chi connectivity index (χ3v) is 2.63. The Hall–Kier alpha value is -2.36. The van der Waals surface area contributed by atoms with E-state index in [0.717, 1.165) is 11.1 Å². The Bertz CT molecular complexity index is 670. The van der Waals surface area contributed by atoms with Crippen molar-refractivity contribution in [2.45, 2.75) is 6.92 Å². The molecule has 0 atom stereocenters. The first-order valence-corrected chi connectivity index (χ1v) is 5.42. The van der Waals surface area contributed by atoms with E-state index in [-0.39, 0.29) is 0 Å². The highest BCUT2D eigenvalue weighted by Gasteiger charge is 2.08. The maximum Gasteiger partial charge on any atom is 0.182 e. The van der Waals surface area contributed by atoms with Crippen molar-refractivity contribution in [3.05, 3.63) is 48.2 Å². The Labute approximate surface area is 98.7 Å². The Morgan fingerprint density at radius 3 is 2.71 bits per heavy atom. The topological polar surface area (TPSA) is 56.2 Å². The highest BCUT2D eigenvalue weighted by atomic mass is 15.3. The van der Waals surface area contributed by atoms with Crippen LogP contribution in [0.2, 0.25) is 0 Å². The third kappa shape index (κ3) is 1.63. The van der Waals surface area contributed by atoms with Gasteiger partial charge in [-0.15, -0.1) is 5.10 Å². The second-order valence-electron chi connectivity index (χ2n) is 4.04. The molecule has 4 heteroatoms. The zero-order valence-corrected chi connectivity index (χ0v) is 9.46. The zero-order valence-electron chi connectivity index (χ0n) is 9.46. The van der Waals surface area contributed by atoms with Crippen LogP contribution >= 0.6 is 0 Å². The van der Waals surface area contributed by atoms with E-state index in [9.17, 15) is 0 Å². The highest BCUT2D eigenvalue weighted by Crippen LogP contribution is 2.19. The summed E-state index contributed by atoms with van der Waals surface area (Å²) in [5.41, 5.74) is 9.34. The lowest BCUT2D eigenvalue weighted by atomic mass is 10.2. The lowest BCUT2D eigenvalue weighted by molar-refractivity contribution is 0.957. The quantitative estimate of drug-likeness (QED) is 0.690. The maximum absolute atomic E-state index is 5.93. The molecule has 2 heterocycles. The fraction of sp³-hybridized carbons (Fsp3) is 0.0769. The molecule has 0 saturated carbocycles. The average Bonchev–Trinajstić information content (AvgIpc) is 2.74. The maximum atomic E-state index is 5.93. The summed E-state index contributed by atoms with van der Waals surface area (Å²) < 4.78 is 1.73. The van der Waals surface area contributed by atoms with Gasteiger partial charge in [-0.05, 0) is 18.6 Å². The molecule has 3 rings (SSSR count). The Balaban J connectivity index is 2.24. The fourth-order valence-electron chi connectivity index (χ4n) is 1.86. The van der Waals surface area contributed by atoms with Crippen LogP contribution in [0.1, 0.15) is 5.56 Å². The van der Waals surface area contributed by atoms with E-state index in [1.165, 1.54) is 0 Å². The van der Waals surface area contributed by atoms with Crippen LogP contribution in [0, 0.1) is 6.92 Å². The first-order valence-electron chi connectivity index (χ1n) is 5.42. The van der Waals surface area contributed by atoms with Crippen molar-refractivity contribution in [2.24, 2.45) is 0 Å². The van der Waals surface area contributed by atoms with Gasteiger partial charge in [-0.1, -0.05) is 30.3 Å². The van der Waals surface area contributed by atoms with Crippen molar-refractivity contribution >= 4 is 11.3 Å². The van der Waals surface area contributed by atoms with Gasteiger partial charge in [-0.25, -0.2) is 9.50 Å². The van der Waals surface area contributed by atoms with Crippen molar-refractivity contribution in [1.29, 1.82) is 0 Å². The summed E-state index contributed by atoms with van der Waals surface area (Å²) in [5, 5.41) is 4.43. The molecule has 0 spiro atoms. The monoisotopic (exact) mass is 224 g/mol. The minimum absolute atomic E-state index is 0.652. The van der Waals surface area contributed by atoms with Crippen molar-refractivity contribution in [1.82, 2.24) is 14.6 Å². The molecule has 1 aromatic carbocycles. The smallest absolute Gasteiger partial charge is 0.182 e. The van der Waals surface area contributed by atoms with Crippen LogP contribution in [0.4, 0.5) is 5.69 Å². The van der Waals surface area contributed by atoms with Crippen molar-refractivity contribution in [3.63, 3.8) is 0 Å². The van der Waals surface area contributed by atoms with Crippen LogP contribution < -0.4 is 5.73 Å². The molecule has 0 aliphatic rings. The van der Waals surface area contributed by atoms with Gasteiger partial charge < -0.3 is 5.73 Å². The largest absolute Gasteiger partial charge is 0.396 e. The summed E-state index contributed by atoms with van der Waals surface area (Å²) in [6.45, 7) is 1.99. The summed E-state index contributed by atoms with van der Waals surface area (Å²) >= 11 is 0. The van der Waals surface area contributed by atoms with E-state index in [1.807, 2.05) is 49.5 Å². The van der Waals surface area contributed by atoms with Gasteiger partial charge in [0.05, 0.1) is 5.69 Å². The number of nitrogens with zero attached hydrogens (tertiary/aromatic N) is 3. The van der Waals surface area contributed by atoms with Gasteiger partial charge in [0.2, 0.25) is 0 Å². The number of nitrogens with two attached hydrogens (primary N) is 1. The minimum Gasteiger partial charge on any atom is -0.396 e. The summed E-state index contributed by atoms with van der Waals surface area (Å²) in [7, 11) is 0.